The van der Waals surface area contributed by atoms with Gasteiger partial charge in [-0.05, 0) is 52.6 Å². The van der Waals surface area contributed by atoms with Crippen LogP contribution in [0.2, 0.25) is 0 Å². The van der Waals surface area contributed by atoms with E-state index >= 15 is 0 Å². The maximum Gasteiger partial charge on any atom is 0.0327 e. The molecule has 1 nitrogen and oxygen atoms in total. The highest BCUT2D eigenvalue weighted by molar-refractivity contribution is 6.09. The summed E-state index contributed by atoms with van der Waals surface area (Å²) < 4.78 is 0. The van der Waals surface area contributed by atoms with Crippen LogP contribution in [0, 0.1) is 0 Å². The number of hydrogen-bond donors (Lipinski definition) is 1. The molecule has 1 unspecified atom stereocenters. The van der Waals surface area contributed by atoms with Gasteiger partial charge in [0.25, 0.3) is 0 Å². The van der Waals surface area contributed by atoms with Crippen molar-refractivity contribution < 1.29 is 0 Å². The summed E-state index contributed by atoms with van der Waals surface area (Å²) in [7, 11) is 0. The van der Waals surface area contributed by atoms with Gasteiger partial charge in [-0.3, -0.25) is 0 Å². The molecule has 1 aliphatic heterocycles. The van der Waals surface area contributed by atoms with E-state index in [0.29, 0.717) is 6.04 Å². The minimum absolute atomic E-state index is 0.523. The van der Waals surface area contributed by atoms with Crippen LogP contribution in [0.1, 0.15) is 24.4 Å². The Morgan fingerprint density at radius 2 is 1.58 bits per heavy atom. The number of fused-ring (bicyclic) bond motifs is 3. The van der Waals surface area contributed by atoms with Crippen LogP contribution in [0.4, 0.5) is 0 Å². The van der Waals surface area contributed by atoms with Gasteiger partial charge in [-0.25, -0.2) is 0 Å². The molecule has 1 atom stereocenters. The van der Waals surface area contributed by atoms with Gasteiger partial charge in [0.1, 0.15) is 0 Å². The first-order valence-corrected chi connectivity index (χ1v) is 7.07. The van der Waals surface area contributed by atoms with Gasteiger partial charge < -0.3 is 5.32 Å². The fourth-order valence-electron chi connectivity index (χ4n) is 3.32. The Morgan fingerprint density at radius 3 is 2.37 bits per heavy atom. The van der Waals surface area contributed by atoms with Crippen LogP contribution in [-0.2, 0) is 0 Å². The van der Waals surface area contributed by atoms with E-state index in [9.17, 15) is 0 Å². The second-order valence-electron chi connectivity index (χ2n) is 5.38. The van der Waals surface area contributed by atoms with Crippen molar-refractivity contribution in [2.75, 3.05) is 6.54 Å². The van der Waals surface area contributed by atoms with Crippen LogP contribution in [-0.4, -0.2) is 6.54 Å². The molecule has 0 radical (unpaired) electrons. The molecule has 1 aliphatic rings. The summed E-state index contributed by atoms with van der Waals surface area (Å²) in [4.78, 5) is 0. The molecule has 0 saturated carbocycles. The Labute approximate surface area is 113 Å². The fraction of sp³-hybridized carbons (Fsp3) is 0.222. The van der Waals surface area contributed by atoms with Crippen LogP contribution < -0.4 is 5.32 Å². The molecule has 4 rings (SSSR count). The second kappa shape index (κ2) is 4.36. The summed E-state index contributed by atoms with van der Waals surface area (Å²) in [6.45, 7) is 1.14. The summed E-state index contributed by atoms with van der Waals surface area (Å²) >= 11 is 0. The molecule has 1 heterocycles. The van der Waals surface area contributed by atoms with Gasteiger partial charge in [0.2, 0.25) is 0 Å². The lowest BCUT2D eigenvalue weighted by molar-refractivity contribution is 0.653. The van der Waals surface area contributed by atoms with Crippen LogP contribution in [0.3, 0.4) is 0 Å². The summed E-state index contributed by atoms with van der Waals surface area (Å²) in [5.74, 6) is 0. The predicted octanol–water partition coefficient (Wildman–Crippen LogP) is 4.42. The van der Waals surface area contributed by atoms with Gasteiger partial charge in [0, 0.05) is 6.04 Å². The van der Waals surface area contributed by atoms with Crippen LogP contribution in [0.5, 0.6) is 0 Å². The first-order valence-electron chi connectivity index (χ1n) is 7.07. The van der Waals surface area contributed by atoms with Crippen molar-refractivity contribution in [3.05, 3.63) is 60.2 Å². The highest BCUT2D eigenvalue weighted by Crippen LogP contribution is 2.34. The molecule has 3 aromatic rings. The topological polar surface area (TPSA) is 12.0 Å². The molecule has 1 fully saturated rings. The first kappa shape index (κ1) is 11.0. The predicted molar refractivity (Wildman–Crippen MR) is 81.4 cm³/mol. The largest absolute Gasteiger partial charge is 0.310 e. The van der Waals surface area contributed by atoms with E-state index < -0.39 is 0 Å². The lowest BCUT2D eigenvalue weighted by Gasteiger charge is -2.16. The lowest BCUT2D eigenvalue weighted by atomic mass is 9.93. The van der Waals surface area contributed by atoms with Crippen LogP contribution in [0.25, 0.3) is 21.5 Å². The molecule has 1 heteroatoms. The summed E-state index contributed by atoms with van der Waals surface area (Å²) in [5.41, 5.74) is 1.46. The molecule has 94 valence electrons. The molecule has 1 N–H and O–H groups in total. The van der Waals surface area contributed by atoms with Crippen molar-refractivity contribution in [3.63, 3.8) is 0 Å². The highest BCUT2D eigenvalue weighted by Gasteiger charge is 2.19. The van der Waals surface area contributed by atoms with Crippen molar-refractivity contribution in [1.82, 2.24) is 5.32 Å². The number of benzene rings is 3. The van der Waals surface area contributed by atoms with E-state index in [4.69, 9.17) is 0 Å². The van der Waals surface area contributed by atoms with Crippen molar-refractivity contribution in [2.45, 2.75) is 18.9 Å². The number of hydrogen-bond acceptors (Lipinski definition) is 1. The zero-order valence-electron chi connectivity index (χ0n) is 10.9. The summed E-state index contributed by atoms with van der Waals surface area (Å²) in [5, 5.41) is 9.12. The molecule has 0 aromatic heterocycles. The van der Waals surface area contributed by atoms with Crippen molar-refractivity contribution in [1.29, 1.82) is 0 Å². The molecular formula is C18H17N. The molecule has 0 bridgehead atoms. The van der Waals surface area contributed by atoms with Gasteiger partial charge in [-0.15, -0.1) is 0 Å². The van der Waals surface area contributed by atoms with Crippen LogP contribution in [0.15, 0.2) is 54.6 Å². The molecule has 19 heavy (non-hydrogen) atoms. The first-order chi connectivity index (χ1) is 9.43. The van der Waals surface area contributed by atoms with Crippen LogP contribution >= 0.6 is 0 Å². The van der Waals surface area contributed by atoms with E-state index in [1.54, 1.807) is 0 Å². The number of nitrogens with one attached hydrogen (secondary N) is 1. The van der Waals surface area contributed by atoms with E-state index in [-0.39, 0.29) is 0 Å². The highest BCUT2D eigenvalue weighted by atomic mass is 14.9. The molecule has 0 spiro atoms. The Bertz CT molecular complexity index is 739. The van der Waals surface area contributed by atoms with Gasteiger partial charge in [-0.1, -0.05) is 48.5 Å². The number of rotatable bonds is 1. The average Bonchev–Trinajstić information content (AvgIpc) is 3.00. The maximum atomic E-state index is 3.63. The maximum absolute atomic E-state index is 3.63. The van der Waals surface area contributed by atoms with E-state index in [0.717, 1.165) is 6.54 Å². The third kappa shape index (κ3) is 1.73. The van der Waals surface area contributed by atoms with Crippen molar-refractivity contribution in [3.8, 4) is 0 Å². The SMILES string of the molecule is c1ccc2c(c1)cc(C1CCCN1)c1ccccc12. The molecule has 3 aromatic carbocycles. The zero-order valence-corrected chi connectivity index (χ0v) is 10.9. The molecular weight excluding hydrogens is 230 g/mol. The van der Waals surface area contributed by atoms with Crippen molar-refractivity contribution in [2.24, 2.45) is 0 Å². The second-order valence-corrected chi connectivity index (χ2v) is 5.38. The van der Waals surface area contributed by atoms with E-state index in [1.165, 1.54) is 39.9 Å². The van der Waals surface area contributed by atoms with Gasteiger partial charge in [0.15, 0.2) is 0 Å². The van der Waals surface area contributed by atoms with Crippen molar-refractivity contribution >= 4 is 21.5 Å². The standard InChI is InChI=1S/C18H17N/c1-2-7-14-13(6-1)12-17(18-10-5-11-19-18)16-9-4-3-8-15(14)16/h1-4,6-9,12,18-19H,5,10-11H2. The Kier molecular flexibility index (Phi) is 2.52. The quantitative estimate of drug-likeness (QED) is 0.628. The third-order valence-electron chi connectivity index (χ3n) is 4.24. The Hall–Kier alpha value is -1.86. The fourth-order valence-corrected chi connectivity index (χ4v) is 3.32. The smallest absolute Gasteiger partial charge is 0.0327 e. The van der Waals surface area contributed by atoms with Gasteiger partial charge >= 0.3 is 0 Å². The molecule has 0 aliphatic carbocycles. The molecule has 1 saturated heterocycles. The summed E-state index contributed by atoms with van der Waals surface area (Å²) in [6, 6.07) is 20.4. The Balaban J connectivity index is 2.09. The third-order valence-corrected chi connectivity index (χ3v) is 4.24. The van der Waals surface area contributed by atoms with E-state index in [1.807, 2.05) is 0 Å². The normalized spacial score (nSPS) is 19.3. The average molecular weight is 247 g/mol. The zero-order chi connectivity index (χ0) is 12.7. The minimum Gasteiger partial charge on any atom is -0.310 e. The van der Waals surface area contributed by atoms with Gasteiger partial charge in [-0.2, -0.15) is 0 Å². The lowest BCUT2D eigenvalue weighted by Crippen LogP contribution is -2.13. The monoisotopic (exact) mass is 247 g/mol. The Morgan fingerprint density at radius 1 is 0.842 bits per heavy atom. The van der Waals surface area contributed by atoms with Gasteiger partial charge in [0.05, 0.1) is 0 Å². The summed E-state index contributed by atoms with van der Waals surface area (Å²) in [6.07, 6.45) is 2.54. The minimum atomic E-state index is 0.523. The molecule has 0 amide bonds. The van der Waals surface area contributed by atoms with E-state index in [2.05, 4.69) is 59.9 Å².